The molecule has 1 N–H and O–H groups in total. The van der Waals surface area contributed by atoms with Crippen molar-refractivity contribution < 1.29 is 9.90 Å². The Labute approximate surface area is 132 Å². The van der Waals surface area contributed by atoms with Crippen molar-refractivity contribution in [2.24, 2.45) is 0 Å². The smallest absolute Gasteiger partial charge is 0.335 e. The number of hydrogen-bond donors (Lipinski definition) is 1. The number of carboxylic acid groups (broad SMARTS) is 1. The van der Waals surface area contributed by atoms with E-state index in [4.69, 9.17) is 0 Å². The van der Waals surface area contributed by atoms with Gasteiger partial charge in [0.2, 0.25) is 0 Å². The van der Waals surface area contributed by atoms with Crippen LogP contribution in [-0.4, -0.2) is 16.1 Å². The number of aromatic nitrogens is 1. The SMILES string of the molecule is O=C(O)c1ccc2cccc(-c3cccc4ccncc34)c2c1. The zero-order chi connectivity index (χ0) is 15.8. The summed E-state index contributed by atoms with van der Waals surface area (Å²) in [6, 6.07) is 19.3. The van der Waals surface area contributed by atoms with E-state index in [-0.39, 0.29) is 0 Å². The van der Waals surface area contributed by atoms with Crippen LogP contribution in [0, 0.1) is 0 Å². The molecule has 23 heavy (non-hydrogen) atoms. The summed E-state index contributed by atoms with van der Waals surface area (Å²) in [6.07, 6.45) is 3.63. The minimum atomic E-state index is -0.915. The van der Waals surface area contributed by atoms with Crippen LogP contribution in [0.15, 0.2) is 73.1 Å². The fourth-order valence-corrected chi connectivity index (χ4v) is 2.99. The van der Waals surface area contributed by atoms with Gasteiger partial charge in [-0.2, -0.15) is 0 Å². The Hall–Kier alpha value is -3.20. The van der Waals surface area contributed by atoms with E-state index < -0.39 is 5.97 Å². The first-order valence-corrected chi connectivity index (χ1v) is 7.33. The van der Waals surface area contributed by atoms with Gasteiger partial charge in [0.1, 0.15) is 0 Å². The average Bonchev–Trinajstić information content (AvgIpc) is 2.60. The van der Waals surface area contributed by atoms with Gasteiger partial charge in [0.25, 0.3) is 0 Å². The molecule has 0 spiro atoms. The molecular formula is C20H13NO2. The summed E-state index contributed by atoms with van der Waals surface area (Å²) in [5.41, 5.74) is 2.37. The van der Waals surface area contributed by atoms with Crippen LogP contribution in [0.1, 0.15) is 10.4 Å². The predicted molar refractivity (Wildman–Crippen MR) is 91.6 cm³/mol. The van der Waals surface area contributed by atoms with Gasteiger partial charge < -0.3 is 5.11 Å². The van der Waals surface area contributed by atoms with E-state index in [0.29, 0.717) is 5.56 Å². The van der Waals surface area contributed by atoms with Crippen molar-refractivity contribution in [1.82, 2.24) is 4.98 Å². The fourth-order valence-electron chi connectivity index (χ4n) is 2.99. The van der Waals surface area contributed by atoms with Crippen LogP contribution in [-0.2, 0) is 0 Å². The lowest BCUT2D eigenvalue weighted by Gasteiger charge is -2.10. The maximum atomic E-state index is 11.3. The Morgan fingerprint density at radius 3 is 2.26 bits per heavy atom. The van der Waals surface area contributed by atoms with Gasteiger partial charge in [-0.1, -0.05) is 42.5 Å². The van der Waals surface area contributed by atoms with Gasteiger partial charge in [0.15, 0.2) is 0 Å². The maximum Gasteiger partial charge on any atom is 0.335 e. The van der Waals surface area contributed by atoms with Gasteiger partial charge in [-0.15, -0.1) is 0 Å². The number of rotatable bonds is 2. The molecule has 3 heteroatoms. The first-order chi connectivity index (χ1) is 11.2. The molecule has 4 rings (SSSR count). The van der Waals surface area contributed by atoms with Crippen molar-refractivity contribution in [3.8, 4) is 11.1 Å². The molecule has 0 saturated heterocycles. The molecule has 0 amide bonds. The van der Waals surface area contributed by atoms with Gasteiger partial charge in [-0.3, -0.25) is 4.98 Å². The van der Waals surface area contributed by atoms with Crippen LogP contribution in [0.25, 0.3) is 32.7 Å². The minimum Gasteiger partial charge on any atom is -0.478 e. The molecule has 0 radical (unpaired) electrons. The van der Waals surface area contributed by atoms with E-state index in [1.165, 1.54) is 0 Å². The highest BCUT2D eigenvalue weighted by Crippen LogP contribution is 2.33. The second-order valence-corrected chi connectivity index (χ2v) is 5.45. The van der Waals surface area contributed by atoms with Crippen molar-refractivity contribution in [3.05, 3.63) is 78.6 Å². The summed E-state index contributed by atoms with van der Waals surface area (Å²) in [7, 11) is 0. The summed E-state index contributed by atoms with van der Waals surface area (Å²) >= 11 is 0. The van der Waals surface area contributed by atoms with Crippen LogP contribution < -0.4 is 0 Å². The maximum absolute atomic E-state index is 11.3. The second-order valence-electron chi connectivity index (χ2n) is 5.45. The van der Waals surface area contributed by atoms with Crippen molar-refractivity contribution >= 4 is 27.5 Å². The van der Waals surface area contributed by atoms with Crippen molar-refractivity contribution in [3.63, 3.8) is 0 Å². The van der Waals surface area contributed by atoms with Gasteiger partial charge in [0, 0.05) is 17.8 Å². The third kappa shape index (κ3) is 2.23. The van der Waals surface area contributed by atoms with E-state index >= 15 is 0 Å². The minimum absolute atomic E-state index is 0.295. The number of nitrogens with zero attached hydrogens (tertiary/aromatic N) is 1. The molecule has 0 aliphatic carbocycles. The van der Waals surface area contributed by atoms with Crippen LogP contribution in [0.3, 0.4) is 0 Å². The Bertz CT molecular complexity index is 1050. The van der Waals surface area contributed by atoms with E-state index in [1.54, 1.807) is 18.3 Å². The number of carboxylic acids is 1. The summed E-state index contributed by atoms with van der Waals surface area (Å²) in [6.45, 7) is 0. The van der Waals surface area contributed by atoms with Crippen LogP contribution >= 0.6 is 0 Å². The lowest BCUT2D eigenvalue weighted by Crippen LogP contribution is -1.95. The Morgan fingerprint density at radius 1 is 0.826 bits per heavy atom. The highest BCUT2D eigenvalue weighted by Gasteiger charge is 2.10. The summed E-state index contributed by atoms with van der Waals surface area (Å²) < 4.78 is 0. The molecule has 0 unspecified atom stereocenters. The van der Waals surface area contributed by atoms with Crippen LogP contribution in [0.2, 0.25) is 0 Å². The number of carbonyl (C=O) groups is 1. The van der Waals surface area contributed by atoms with E-state index in [2.05, 4.69) is 4.98 Å². The molecule has 110 valence electrons. The third-order valence-corrected chi connectivity index (χ3v) is 4.10. The molecule has 0 aliphatic heterocycles. The van der Waals surface area contributed by atoms with Crippen LogP contribution in [0.4, 0.5) is 0 Å². The van der Waals surface area contributed by atoms with Crippen LogP contribution in [0.5, 0.6) is 0 Å². The largest absolute Gasteiger partial charge is 0.478 e. The quantitative estimate of drug-likeness (QED) is 0.581. The molecule has 1 aromatic heterocycles. The Balaban J connectivity index is 2.08. The highest BCUT2D eigenvalue weighted by molar-refractivity contribution is 6.06. The molecule has 0 saturated carbocycles. The molecule has 0 atom stereocenters. The topological polar surface area (TPSA) is 50.2 Å². The number of hydrogen-bond acceptors (Lipinski definition) is 2. The summed E-state index contributed by atoms with van der Waals surface area (Å²) in [5.74, 6) is -0.915. The summed E-state index contributed by atoms with van der Waals surface area (Å²) in [5, 5.41) is 13.4. The summed E-state index contributed by atoms with van der Waals surface area (Å²) in [4.78, 5) is 15.5. The Morgan fingerprint density at radius 2 is 1.52 bits per heavy atom. The lowest BCUT2D eigenvalue weighted by molar-refractivity contribution is 0.0697. The fraction of sp³-hybridized carbons (Fsp3) is 0. The van der Waals surface area contributed by atoms with Gasteiger partial charge in [0.05, 0.1) is 5.56 Å². The molecule has 0 bridgehead atoms. The first kappa shape index (κ1) is 13.5. The second kappa shape index (κ2) is 5.21. The number of benzene rings is 3. The van der Waals surface area contributed by atoms with Crippen molar-refractivity contribution in [2.75, 3.05) is 0 Å². The lowest BCUT2D eigenvalue weighted by atomic mass is 9.94. The zero-order valence-corrected chi connectivity index (χ0v) is 12.2. The van der Waals surface area contributed by atoms with Gasteiger partial charge >= 0.3 is 5.97 Å². The van der Waals surface area contributed by atoms with E-state index in [0.717, 1.165) is 32.7 Å². The average molecular weight is 299 g/mol. The molecule has 3 aromatic carbocycles. The molecule has 1 heterocycles. The standard InChI is InChI=1S/C20H13NO2/c22-20(23)15-8-7-13-3-1-5-16(18(13)11-15)17-6-2-4-14-9-10-21-12-19(14)17/h1-12H,(H,22,23). The molecule has 0 aliphatic rings. The van der Waals surface area contributed by atoms with Gasteiger partial charge in [-0.25, -0.2) is 4.79 Å². The zero-order valence-electron chi connectivity index (χ0n) is 12.2. The number of fused-ring (bicyclic) bond motifs is 2. The van der Waals surface area contributed by atoms with Crippen molar-refractivity contribution in [2.45, 2.75) is 0 Å². The number of pyridine rings is 1. The molecule has 4 aromatic rings. The predicted octanol–water partition coefficient (Wildman–Crippen LogP) is 4.75. The normalized spacial score (nSPS) is 11.0. The number of aromatic carboxylic acids is 1. The highest BCUT2D eigenvalue weighted by atomic mass is 16.4. The molecule has 3 nitrogen and oxygen atoms in total. The monoisotopic (exact) mass is 299 g/mol. The molecule has 0 fully saturated rings. The van der Waals surface area contributed by atoms with E-state index in [9.17, 15) is 9.90 Å². The Kier molecular flexibility index (Phi) is 3.05. The first-order valence-electron chi connectivity index (χ1n) is 7.33. The molecular weight excluding hydrogens is 286 g/mol. The third-order valence-electron chi connectivity index (χ3n) is 4.10. The van der Waals surface area contributed by atoms with Crippen molar-refractivity contribution in [1.29, 1.82) is 0 Å². The van der Waals surface area contributed by atoms with E-state index in [1.807, 2.05) is 54.7 Å². The van der Waals surface area contributed by atoms with Gasteiger partial charge in [-0.05, 0) is 45.5 Å².